The summed E-state index contributed by atoms with van der Waals surface area (Å²) in [7, 11) is -6.05. The van der Waals surface area contributed by atoms with Crippen molar-refractivity contribution in [3.8, 4) is 5.75 Å². The number of phosphoric acid groups is 1. The molecule has 7 atom stereocenters. The van der Waals surface area contributed by atoms with E-state index in [0.717, 1.165) is 82.6 Å². The molecule has 3 aliphatic carbocycles. The molecule has 0 aliphatic heterocycles. The van der Waals surface area contributed by atoms with E-state index >= 15 is 0 Å². The molecule has 0 aromatic heterocycles. The van der Waals surface area contributed by atoms with Crippen LogP contribution >= 0.6 is 7.82 Å². The molecule has 1 aromatic carbocycles. The second kappa shape index (κ2) is 15.0. The van der Waals surface area contributed by atoms with Crippen LogP contribution in [-0.4, -0.2) is 48.8 Å². The summed E-state index contributed by atoms with van der Waals surface area (Å²) in [4.78, 5) is 18.6. The van der Waals surface area contributed by atoms with Crippen LogP contribution in [0.1, 0.15) is 114 Å². The first-order chi connectivity index (χ1) is 21.0. The van der Waals surface area contributed by atoms with E-state index in [0.29, 0.717) is 35.8 Å². The summed E-state index contributed by atoms with van der Waals surface area (Å²) in [6, 6.07) is 5.42. The monoisotopic (exact) mass is 686 g/mol. The number of fused-ring (bicyclic) bond motifs is 5. The Morgan fingerprint density at radius 2 is 1.60 bits per heavy atom. The summed E-state index contributed by atoms with van der Waals surface area (Å²) in [5.74, 6) is -2.70. The fourth-order valence-corrected chi connectivity index (χ4v) is 10.1. The van der Waals surface area contributed by atoms with Gasteiger partial charge in [-0.2, -0.15) is 22.0 Å². The summed E-state index contributed by atoms with van der Waals surface area (Å²) in [6.45, 7) is 2.25. The second-order valence-electron chi connectivity index (χ2n) is 13.8. The lowest BCUT2D eigenvalue weighted by atomic mass is 9.52. The highest BCUT2D eigenvalue weighted by Crippen LogP contribution is 2.63. The van der Waals surface area contributed by atoms with Gasteiger partial charge in [0.25, 0.3) is 0 Å². The standard InChI is InChI=1S/C32H48F5O6PS/c1-30-17-15-26-25-12-11-24(43-44(39,40)41)21-23(25)20-22(29(26)27(30)13-14-28(30)38)10-7-5-3-2-4-6-8-18-45(42)19-9-16-31(33,34)32(35,36)37/h11-12,21-22,26-29,38H,2-10,13-20H2,1H3,(H2,39,40,41). The largest absolute Gasteiger partial charge is 0.524 e. The van der Waals surface area contributed by atoms with Crippen LogP contribution in [0.3, 0.4) is 0 Å². The molecule has 1 aromatic rings. The first-order valence-corrected chi connectivity index (χ1v) is 19.4. The number of aliphatic hydroxyl groups excluding tert-OH is 1. The summed E-state index contributed by atoms with van der Waals surface area (Å²) < 4.78 is 91.0. The van der Waals surface area contributed by atoms with Gasteiger partial charge in [-0.1, -0.05) is 51.5 Å². The highest BCUT2D eigenvalue weighted by molar-refractivity contribution is 7.84. The van der Waals surface area contributed by atoms with Crippen molar-refractivity contribution in [3.05, 3.63) is 29.3 Å². The molecule has 6 nitrogen and oxygen atoms in total. The lowest BCUT2D eigenvalue weighted by Crippen LogP contribution is -2.47. The maximum absolute atomic E-state index is 13.0. The summed E-state index contributed by atoms with van der Waals surface area (Å²) in [5.41, 5.74) is 2.27. The minimum atomic E-state index is -5.56. The number of alkyl halides is 5. The lowest BCUT2D eigenvalue weighted by molar-refractivity contribution is -0.284. The van der Waals surface area contributed by atoms with Crippen LogP contribution in [0.15, 0.2) is 18.2 Å². The first kappa shape index (κ1) is 36.8. The Morgan fingerprint density at radius 3 is 2.27 bits per heavy atom. The number of hydrogen-bond acceptors (Lipinski definition) is 4. The fourth-order valence-electron chi connectivity index (χ4n) is 8.47. The van der Waals surface area contributed by atoms with Gasteiger partial charge < -0.3 is 9.63 Å². The third-order valence-electron chi connectivity index (χ3n) is 10.8. The van der Waals surface area contributed by atoms with Crippen molar-refractivity contribution in [2.45, 2.75) is 127 Å². The van der Waals surface area contributed by atoms with E-state index in [2.05, 4.69) is 6.92 Å². The lowest BCUT2D eigenvalue weighted by Gasteiger charge is -2.53. The molecule has 0 heterocycles. The maximum Gasteiger partial charge on any atom is 0.524 e. The van der Waals surface area contributed by atoms with Gasteiger partial charge in [0, 0.05) is 28.7 Å². The van der Waals surface area contributed by atoms with Gasteiger partial charge in [-0.05, 0) is 104 Å². The average Bonchev–Trinajstić information content (AvgIpc) is 3.24. The zero-order valence-corrected chi connectivity index (χ0v) is 27.7. The van der Waals surface area contributed by atoms with E-state index in [1.54, 1.807) is 12.1 Å². The zero-order valence-electron chi connectivity index (χ0n) is 26.0. The van der Waals surface area contributed by atoms with Crippen molar-refractivity contribution < 1.29 is 50.1 Å². The Bertz CT molecular complexity index is 1210. The van der Waals surface area contributed by atoms with E-state index in [9.17, 15) is 45.6 Å². The average molecular weight is 687 g/mol. The van der Waals surface area contributed by atoms with E-state index in [1.807, 2.05) is 6.07 Å². The summed E-state index contributed by atoms with van der Waals surface area (Å²) in [6.07, 6.45) is 4.72. The van der Waals surface area contributed by atoms with Gasteiger partial charge in [-0.3, -0.25) is 14.0 Å². The molecule has 0 radical (unpaired) electrons. The Kier molecular flexibility index (Phi) is 12.3. The van der Waals surface area contributed by atoms with E-state index in [1.165, 1.54) is 5.56 Å². The highest BCUT2D eigenvalue weighted by atomic mass is 32.2. The first-order valence-electron chi connectivity index (χ1n) is 16.4. The molecule has 3 N–H and O–H groups in total. The van der Waals surface area contributed by atoms with E-state index in [4.69, 9.17) is 4.52 Å². The predicted molar refractivity (Wildman–Crippen MR) is 164 cm³/mol. The van der Waals surface area contributed by atoms with Crippen LogP contribution in [-0.2, 0) is 21.8 Å². The Balaban J connectivity index is 1.21. The normalized spacial score (nSPS) is 29.1. The number of rotatable bonds is 16. The molecule has 0 bridgehead atoms. The molecule has 3 aliphatic rings. The molecule has 0 amide bonds. The molecule has 2 fully saturated rings. The zero-order chi connectivity index (χ0) is 33.0. The van der Waals surface area contributed by atoms with Crippen LogP contribution in [0.4, 0.5) is 22.0 Å². The molecule has 258 valence electrons. The number of aliphatic hydroxyl groups is 1. The van der Waals surface area contributed by atoms with Gasteiger partial charge in [0.2, 0.25) is 0 Å². The van der Waals surface area contributed by atoms with Crippen molar-refractivity contribution in [1.29, 1.82) is 0 Å². The molecule has 2 saturated carbocycles. The van der Waals surface area contributed by atoms with Crippen LogP contribution in [0, 0.1) is 23.2 Å². The van der Waals surface area contributed by atoms with Crippen LogP contribution < -0.4 is 4.52 Å². The number of halogens is 5. The number of benzene rings is 1. The van der Waals surface area contributed by atoms with Crippen LogP contribution in [0.25, 0.3) is 0 Å². The summed E-state index contributed by atoms with van der Waals surface area (Å²) >= 11 is 0. The van der Waals surface area contributed by atoms with Gasteiger partial charge in [0.05, 0.1) is 6.10 Å². The van der Waals surface area contributed by atoms with Crippen LogP contribution in [0.5, 0.6) is 5.75 Å². The highest BCUT2D eigenvalue weighted by Gasteiger charge is 2.57. The fraction of sp³-hybridized carbons (Fsp3) is 0.812. The number of hydrogen-bond donors (Lipinski definition) is 3. The van der Waals surface area contributed by atoms with Gasteiger partial charge in [-0.15, -0.1) is 0 Å². The quantitative estimate of drug-likeness (QED) is 0.0916. The Morgan fingerprint density at radius 1 is 0.956 bits per heavy atom. The molecule has 45 heavy (non-hydrogen) atoms. The van der Waals surface area contributed by atoms with Crippen molar-refractivity contribution >= 4 is 18.6 Å². The van der Waals surface area contributed by atoms with Gasteiger partial charge in [0.1, 0.15) is 5.75 Å². The van der Waals surface area contributed by atoms with Gasteiger partial charge in [0.15, 0.2) is 0 Å². The van der Waals surface area contributed by atoms with Crippen molar-refractivity contribution in [2.24, 2.45) is 23.2 Å². The predicted octanol–water partition coefficient (Wildman–Crippen LogP) is 8.45. The van der Waals surface area contributed by atoms with E-state index in [-0.39, 0.29) is 23.0 Å². The smallest absolute Gasteiger partial charge is 0.404 e. The molecule has 0 saturated heterocycles. The van der Waals surface area contributed by atoms with Crippen LogP contribution in [0.2, 0.25) is 0 Å². The van der Waals surface area contributed by atoms with E-state index < -0.39 is 43.6 Å². The molecule has 0 spiro atoms. The minimum Gasteiger partial charge on any atom is -0.404 e. The molecule has 7 unspecified atom stereocenters. The molecular formula is C32H48F5O6PS. The molecular weight excluding hydrogens is 638 g/mol. The molecule has 4 rings (SSSR count). The van der Waals surface area contributed by atoms with Crippen molar-refractivity contribution in [2.75, 3.05) is 11.5 Å². The minimum absolute atomic E-state index is 0.0712. The SMILES string of the molecule is CC12CCC3c4ccc(OP(=O)(O)O)cc4CC(CCCCCCCCCS(=O)CCCC(F)(F)C(F)(F)F)C3C1CCC2O. The topological polar surface area (TPSA) is 104 Å². The third kappa shape index (κ3) is 9.30. The van der Waals surface area contributed by atoms with Crippen molar-refractivity contribution in [3.63, 3.8) is 0 Å². The third-order valence-corrected chi connectivity index (χ3v) is 12.7. The van der Waals surface area contributed by atoms with Gasteiger partial charge >= 0.3 is 19.9 Å². The molecule has 13 heteroatoms. The maximum atomic E-state index is 13.0. The van der Waals surface area contributed by atoms with Gasteiger partial charge in [-0.25, -0.2) is 4.57 Å². The Labute approximate surface area is 265 Å². The summed E-state index contributed by atoms with van der Waals surface area (Å²) in [5, 5.41) is 10.9. The number of phosphoric ester groups is 1. The Hall–Kier alpha value is -1.07. The number of unbranched alkanes of at least 4 members (excludes halogenated alkanes) is 6. The second-order valence-corrected chi connectivity index (χ2v) is 16.6. The van der Waals surface area contributed by atoms with Crippen molar-refractivity contribution in [1.82, 2.24) is 0 Å².